The van der Waals surface area contributed by atoms with Crippen LogP contribution in [-0.4, -0.2) is 34.1 Å². The maximum Gasteiger partial charge on any atom is 0.278 e. The van der Waals surface area contributed by atoms with E-state index >= 15 is 0 Å². The fraction of sp³-hybridized carbons (Fsp3) is 0.179. The second kappa shape index (κ2) is 10.2. The van der Waals surface area contributed by atoms with Gasteiger partial charge in [-0.2, -0.15) is 0 Å². The smallest absolute Gasteiger partial charge is 0.278 e. The summed E-state index contributed by atoms with van der Waals surface area (Å²) in [7, 11) is 0. The molecule has 0 bridgehead atoms. The van der Waals surface area contributed by atoms with Crippen molar-refractivity contribution in [3.63, 3.8) is 0 Å². The molecule has 1 aliphatic heterocycles. The van der Waals surface area contributed by atoms with E-state index in [1.54, 1.807) is 24.3 Å². The molecular weight excluding hydrogens is 426 g/mol. The number of anilines is 1. The lowest BCUT2D eigenvalue weighted by Crippen LogP contribution is -2.34. The Kier molecular flexibility index (Phi) is 6.87. The lowest BCUT2D eigenvalue weighted by atomic mass is 10.0. The molecule has 1 heterocycles. The van der Waals surface area contributed by atoms with Gasteiger partial charge in [0.15, 0.2) is 0 Å². The van der Waals surface area contributed by atoms with Crippen molar-refractivity contribution in [3.8, 4) is 0 Å². The third kappa shape index (κ3) is 4.91. The molecule has 0 unspecified atom stereocenters. The first-order chi connectivity index (χ1) is 16.5. The summed E-state index contributed by atoms with van der Waals surface area (Å²) < 4.78 is 0. The standard InChI is InChI=1S/C28H27N3O3/c1-3-30(18-21-10-6-4-7-11-21)26-25(23-14-16-24(17-15-23)29-20(2)32)27(33)31(28(26)34)19-22-12-8-5-9-13-22/h4-17H,3,18-19H2,1-2H3,(H,29,32). The first-order valence-corrected chi connectivity index (χ1v) is 11.3. The van der Waals surface area contributed by atoms with Crippen molar-refractivity contribution in [3.05, 3.63) is 107 Å². The van der Waals surface area contributed by atoms with Crippen LogP contribution in [0.3, 0.4) is 0 Å². The summed E-state index contributed by atoms with van der Waals surface area (Å²) in [5.41, 5.74) is 4.00. The third-order valence-electron chi connectivity index (χ3n) is 5.74. The van der Waals surface area contributed by atoms with Gasteiger partial charge in [0.05, 0.1) is 12.1 Å². The number of benzene rings is 3. The van der Waals surface area contributed by atoms with Crippen LogP contribution in [0.4, 0.5) is 5.69 Å². The second-order valence-corrected chi connectivity index (χ2v) is 8.16. The summed E-state index contributed by atoms with van der Waals surface area (Å²) in [5, 5.41) is 2.73. The quantitative estimate of drug-likeness (QED) is 0.512. The normalized spacial score (nSPS) is 13.4. The number of amides is 3. The molecule has 0 saturated carbocycles. The Morgan fingerprint density at radius 1 is 0.824 bits per heavy atom. The molecule has 0 aliphatic carbocycles. The van der Waals surface area contributed by atoms with E-state index in [1.165, 1.54) is 11.8 Å². The van der Waals surface area contributed by atoms with E-state index in [0.29, 0.717) is 35.6 Å². The van der Waals surface area contributed by atoms with Crippen LogP contribution in [0.2, 0.25) is 0 Å². The first kappa shape index (κ1) is 23.0. The average molecular weight is 454 g/mol. The van der Waals surface area contributed by atoms with Crippen molar-refractivity contribution < 1.29 is 14.4 Å². The Morgan fingerprint density at radius 3 is 1.97 bits per heavy atom. The Morgan fingerprint density at radius 2 is 1.41 bits per heavy atom. The van der Waals surface area contributed by atoms with Gasteiger partial charge in [0.1, 0.15) is 5.70 Å². The average Bonchev–Trinajstić information content (AvgIpc) is 3.09. The first-order valence-electron chi connectivity index (χ1n) is 11.3. The molecule has 1 N–H and O–H groups in total. The van der Waals surface area contributed by atoms with Crippen LogP contribution in [0.25, 0.3) is 5.57 Å². The minimum absolute atomic E-state index is 0.172. The van der Waals surface area contributed by atoms with Gasteiger partial charge in [-0.05, 0) is 35.7 Å². The van der Waals surface area contributed by atoms with Crippen molar-refractivity contribution in [1.29, 1.82) is 0 Å². The van der Waals surface area contributed by atoms with Crippen LogP contribution < -0.4 is 5.32 Å². The number of hydrogen-bond donors (Lipinski definition) is 1. The largest absolute Gasteiger partial charge is 0.362 e. The lowest BCUT2D eigenvalue weighted by Gasteiger charge is -2.25. The van der Waals surface area contributed by atoms with Crippen molar-refractivity contribution in [2.45, 2.75) is 26.9 Å². The molecule has 0 radical (unpaired) electrons. The number of carbonyl (C=O) groups excluding carboxylic acids is 3. The number of hydrogen-bond acceptors (Lipinski definition) is 4. The predicted molar refractivity (Wildman–Crippen MR) is 132 cm³/mol. The summed E-state index contributed by atoms with van der Waals surface area (Å²) in [5.74, 6) is -0.788. The zero-order chi connectivity index (χ0) is 24.1. The van der Waals surface area contributed by atoms with Crippen LogP contribution in [0.1, 0.15) is 30.5 Å². The number of likely N-dealkylation sites (N-methyl/N-ethyl adjacent to an activating group) is 1. The second-order valence-electron chi connectivity index (χ2n) is 8.16. The van der Waals surface area contributed by atoms with E-state index in [1.807, 2.05) is 72.5 Å². The summed E-state index contributed by atoms with van der Waals surface area (Å²) in [6, 6.07) is 26.4. The SMILES string of the molecule is CCN(Cc1ccccc1)C1=C(c2ccc(NC(C)=O)cc2)C(=O)N(Cc2ccccc2)C1=O. The molecule has 172 valence electrons. The molecule has 6 heteroatoms. The van der Waals surface area contributed by atoms with Crippen LogP contribution in [0, 0.1) is 0 Å². The van der Waals surface area contributed by atoms with Crippen molar-refractivity contribution >= 4 is 29.0 Å². The Hall–Kier alpha value is -4.19. The summed E-state index contributed by atoms with van der Waals surface area (Å²) in [4.78, 5) is 41.9. The van der Waals surface area contributed by atoms with E-state index in [4.69, 9.17) is 0 Å². The van der Waals surface area contributed by atoms with E-state index < -0.39 is 0 Å². The molecule has 3 aromatic carbocycles. The van der Waals surface area contributed by atoms with Gasteiger partial charge in [-0.3, -0.25) is 19.3 Å². The number of rotatable bonds is 8. The number of carbonyl (C=O) groups is 3. The maximum atomic E-state index is 13.7. The predicted octanol–water partition coefficient (Wildman–Crippen LogP) is 4.45. The molecule has 6 nitrogen and oxygen atoms in total. The van der Waals surface area contributed by atoms with Crippen LogP contribution in [0.5, 0.6) is 0 Å². The van der Waals surface area contributed by atoms with Gasteiger partial charge in [0.25, 0.3) is 11.8 Å². The summed E-state index contributed by atoms with van der Waals surface area (Å²) >= 11 is 0. The molecule has 3 amide bonds. The van der Waals surface area contributed by atoms with Gasteiger partial charge >= 0.3 is 0 Å². The molecule has 0 spiro atoms. The molecule has 0 fully saturated rings. The zero-order valence-electron chi connectivity index (χ0n) is 19.3. The Labute approximate surface area is 199 Å². The highest BCUT2D eigenvalue weighted by atomic mass is 16.2. The van der Waals surface area contributed by atoms with Gasteiger partial charge in [0.2, 0.25) is 5.91 Å². The van der Waals surface area contributed by atoms with Crippen molar-refractivity contribution in [1.82, 2.24) is 9.80 Å². The fourth-order valence-corrected chi connectivity index (χ4v) is 4.10. The maximum absolute atomic E-state index is 13.7. The third-order valence-corrected chi connectivity index (χ3v) is 5.74. The summed E-state index contributed by atoms with van der Waals surface area (Å²) in [6.07, 6.45) is 0. The van der Waals surface area contributed by atoms with Crippen LogP contribution in [-0.2, 0) is 27.5 Å². The van der Waals surface area contributed by atoms with Gasteiger partial charge in [-0.1, -0.05) is 72.8 Å². The molecular formula is C28H27N3O3. The Bertz CT molecular complexity index is 1220. The number of nitrogens with one attached hydrogen (secondary N) is 1. The Balaban J connectivity index is 1.74. The minimum atomic E-state index is -0.317. The van der Waals surface area contributed by atoms with Crippen molar-refractivity contribution in [2.75, 3.05) is 11.9 Å². The highest BCUT2D eigenvalue weighted by Crippen LogP contribution is 2.34. The van der Waals surface area contributed by atoms with E-state index in [9.17, 15) is 14.4 Å². The minimum Gasteiger partial charge on any atom is -0.362 e. The van der Waals surface area contributed by atoms with Gasteiger partial charge in [-0.15, -0.1) is 0 Å². The van der Waals surface area contributed by atoms with Gasteiger partial charge in [0, 0.05) is 25.7 Å². The van der Waals surface area contributed by atoms with Gasteiger partial charge < -0.3 is 10.2 Å². The number of imide groups is 1. The molecule has 34 heavy (non-hydrogen) atoms. The van der Waals surface area contributed by atoms with Crippen LogP contribution >= 0.6 is 0 Å². The van der Waals surface area contributed by atoms with Crippen molar-refractivity contribution in [2.24, 2.45) is 0 Å². The highest BCUT2D eigenvalue weighted by Gasteiger charge is 2.41. The topological polar surface area (TPSA) is 69.7 Å². The lowest BCUT2D eigenvalue weighted by molar-refractivity contribution is -0.138. The monoisotopic (exact) mass is 453 g/mol. The summed E-state index contributed by atoms with van der Waals surface area (Å²) in [6.45, 7) is 4.70. The molecule has 4 rings (SSSR count). The molecule has 0 atom stereocenters. The van der Waals surface area contributed by atoms with Crippen LogP contribution in [0.15, 0.2) is 90.6 Å². The molecule has 3 aromatic rings. The zero-order valence-corrected chi connectivity index (χ0v) is 19.3. The fourth-order valence-electron chi connectivity index (χ4n) is 4.10. The molecule has 0 aromatic heterocycles. The number of nitrogens with zero attached hydrogens (tertiary/aromatic N) is 2. The van der Waals surface area contributed by atoms with E-state index in [2.05, 4.69) is 5.32 Å². The van der Waals surface area contributed by atoms with Gasteiger partial charge in [-0.25, -0.2) is 0 Å². The highest BCUT2D eigenvalue weighted by molar-refractivity contribution is 6.35. The molecule has 1 aliphatic rings. The van der Waals surface area contributed by atoms with E-state index in [-0.39, 0.29) is 24.3 Å². The molecule has 0 saturated heterocycles. The van der Waals surface area contributed by atoms with E-state index in [0.717, 1.165) is 11.1 Å².